The lowest BCUT2D eigenvalue weighted by Gasteiger charge is -2.05. The highest BCUT2D eigenvalue weighted by Gasteiger charge is 2.15. The first-order valence-electron chi connectivity index (χ1n) is 14.0. The highest BCUT2D eigenvalue weighted by molar-refractivity contribution is 14.1. The Kier molecular flexibility index (Phi) is 24.3. The van der Waals surface area contributed by atoms with Gasteiger partial charge in [-0.15, -0.1) is 0 Å². The number of unbranched alkanes of at least 4 members (excludes halogenated alkanes) is 10. The van der Waals surface area contributed by atoms with Crippen molar-refractivity contribution in [3.05, 3.63) is 55.7 Å². The van der Waals surface area contributed by atoms with Gasteiger partial charge in [0, 0.05) is 7.14 Å². The predicted octanol–water partition coefficient (Wildman–Crippen LogP) is 8.78. The van der Waals surface area contributed by atoms with Crippen LogP contribution in [0.2, 0.25) is 0 Å². The molecule has 0 unspecified atom stereocenters. The number of benzene rings is 2. The minimum Gasteiger partial charge on any atom is -0.494 e. The molecule has 0 saturated carbocycles. The SMILES string of the molecule is CCCCCCCCOc1ccc(I)cc1.CCCCCCCCOc1ccc(I)cc1.O=S(=O)(O)CS(=O)(=O)O. The lowest BCUT2D eigenvalue weighted by Crippen LogP contribution is -2.13. The van der Waals surface area contributed by atoms with Crippen molar-refractivity contribution >= 4 is 65.4 Å². The standard InChI is InChI=1S/2C14H21IO.CH4O6S2/c2*1-2-3-4-5-6-7-12-16-14-10-8-13(15)9-11-14;2-8(3,4)1-9(5,6)7/h2*8-11H,2-7,12H2,1H3;1H2,(H,2,3,4)(H,5,6,7). The van der Waals surface area contributed by atoms with E-state index in [4.69, 9.17) is 18.6 Å². The number of hydrogen-bond donors (Lipinski definition) is 2. The maximum absolute atomic E-state index is 9.66. The normalized spacial score (nSPS) is 11.1. The smallest absolute Gasteiger partial charge is 0.281 e. The van der Waals surface area contributed by atoms with Gasteiger partial charge in [-0.05, 0) is 107 Å². The molecule has 0 fully saturated rings. The molecule has 8 nitrogen and oxygen atoms in total. The number of hydrogen-bond acceptors (Lipinski definition) is 6. The van der Waals surface area contributed by atoms with E-state index in [2.05, 4.69) is 83.3 Å². The van der Waals surface area contributed by atoms with E-state index < -0.39 is 25.3 Å². The zero-order chi connectivity index (χ0) is 31.0. The molecule has 0 aliphatic heterocycles. The molecular weight excluding hydrogens is 794 g/mol. The molecule has 2 aromatic carbocycles. The molecule has 0 saturated heterocycles. The minimum absolute atomic E-state index is 0.854. The predicted molar refractivity (Wildman–Crippen MR) is 184 cm³/mol. The van der Waals surface area contributed by atoms with Crippen molar-refractivity contribution in [2.24, 2.45) is 0 Å². The number of ether oxygens (including phenoxy) is 2. The van der Waals surface area contributed by atoms with E-state index in [0.717, 1.165) is 24.7 Å². The maximum atomic E-state index is 9.66. The fourth-order valence-electron chi connectivity index (χ4n) is 3.39. The van der Waals surface area contributed by atoms with Gasteiger partial charge in [0.05, 0.1) is 13.2 Å². The second kappa shape index (κ2) is 24.7. The van der Waals surface area contributed by atoms with E-state index in [1.807, 2.05) is 24.3 Å². The first kappa shape index (κ1) is 40.3. The van der Waals surface area contributed by atoms with Crippen LogP contribution < -0.4 is 9.47 Å². The van der Waals surface area contributed by atoms with Crippen LogP contribution in [-0.4, -0.2) is 44.2 Å². The summed E-state index contributed by atoms with van der Waals surface area (Å²) < 4.78 is 68.1. The number of rotatable bonds is 18. The summed E-state index contributed by atoms with van der Waals surface area (Å²) in [6, 6.07) is 16.5. The van der Waals surface area contributed by atoms with Gasteiger partial charge >= 0.3 is 0 Å². The van der Waals surface area contributed by atoms with Gasteiger partial charge in [0.25, 0.3) is 20.2 Å². The molecule has 2 rings (SSSR count). The third-order valence-electron chi connectivity index (χ3n) is 5.46. The van der Waals surface area contributed by atoms with Crippen LogP contribution in [-0.2, 0) is 20.2 Å². The Morgan fingerprint density at radius 3 is 1.10 bits per heavy atom. The second-order valence-corrected chi connectivity index (χ2v) is 15.2. The Bertz CT molecular complexity index is 1020. The summed E-state index contributed by atoms with van der Waals surface area (Å²) >= 11 is 4.61. The zero-order valence-corrected chi connectivity index (χ0v) is 30.1. The van der Waals surface area contributed by atoms with Gasteiger partial charge in [-0.1, -0.05) is 78.1 Å². The second-order valence-electron chi connectivity index (χ2n) is 9.42. The Morgan fingerprint density at radius 1 is 0.537 bits per heavy atom. The summed E-state index contributed by atoms with van der Waals surface area (Å²) in [6.07, 6.45) is 15.8. The van der Waals surface area contributed by atoms with Crippen LogP contribution >= 0.6 is 45.2 Å². The average molecular weight is 841 g/mol. The Labute approximate surface area is 275 Å². The van der Waals surface area contributed by atoms with Gasteiger partial charge in [0.15, 0.2) is 0 Å². The highest BCUT2D eigenvalue weighted by Crippen LogP contribution is 2.15. The Balaban J connectivity index is 0.000000612. The zero-order valence-electron chi connectivity index (χ0n) is 24.1. The molecule has 0 amide bonds. The average Bonchev–Trinajstić information content (AvgIpc) is 2.88. The van der Waals surface area contributed by atoms with Gasteiger partial charge in [0.1, 0.15) is 11.5 Å². The van der Waals surface area contributed by atoms with E-state index in [-0.39, 0.29) is 0 Å². The molecule has 0 aliphatic carbocycles. The summed E-state index contributed by atoms with van der Waals surface area (Å²) in [5.74, 6) is 1.99. The van der Waals surface area contributed by atoms with Gasteiger partial charge in [-0.2, -0.15) is 16.8 Å². The van der Waals surface area contributed by atoms with Crippen LogP contribution in [0.5, 0.6) is 11.5 Å². The lowest BCUT2D eigenvalue weighted by atomic mass is 10.1. The summed E-state index contributed by atoms with van der Waals surface area (Å²) in [4.78, 5) is 0. The van der Waals surface area contributed by atoms with Crippen molar-refractivity contribution in [3.8, 4) is 11.5 Å². The molecule has 0 heterocycles. The van der Waals surface area contributed by atoms with Crippen molar-refractivity contribution in [1.29, 1.82) is 0 Å². The molecule has 0 spiro atoms. The van der Waals surface area contributed by atoms with Crippen LogP contribution in [0.4, 0.5) is 0 Å². The monoisotopic (exact) mass is 840 g/mol. The molecule has 41 heavy (non-hydrogen) atoms. The first-order valence-corrected chi connectivity index (χ1v) is 19.4. The quantitative estimate of drug-likeness (QED) is 0.0867. The van der Waals surface area contributed by atoms with E-state index in [0.29, 0.717) is 0 Å². The van der Waals surface area contributed by atoms with Crippen LogP contribution in [0.25, 0.3) is 0 Å². The largest absolute Gasteiger partial charge is 0.494 e. The fourth-order valence-corrected chi connectivity index (χ4v) is 5.62. The van der Waals surface area contributed by atoms with Crippen LogP contribution in [0.1, 0.15) is 90.9 Å². The summed E-state index contributed by atoms with van der Waals surface area (Å²) in [6.45, 7) is 6.21. The van der Waals surface area contributed by atoms with E-state index >= 15 is 0 Å². The maximum Gasteiger partial charge on any atom is 0.281 e. The molecule has 0 aromatic heterocycles. The molecule has 0 aliphatic rings. The molecule has 2 N–H and O–H groups in total. The van der Waals surface area contributed by atoms with E-state index in [9.17, 15) is 16.8 Å². The van der Waals surface area contributed by atoms with Crippen molar-refractivity contribution in [1.82, 2.24) is 0 Å². The topological polar surface area (TPSA) is 127 Å². The van der Waals surface area contributed by atoms with Crippen molar-refractivity contribution in [2.75, 3.05) is 18.3 Å². The number of halogens is 2. The van der Waals surface area contributed by atoms with Gasteiger partial charge in [0.2, 0.25) is 5.08 Å². The van der Waals surface area contributed by atoms with Crippen molar-refractivity contribution < 1.29 is 35.4 Å². The molecule has 0 radical (unpaired) electrons. The van der Waals surface area contributed by atoms with Crippen LogP contribution in [0.3, 0.4) is 0 Å². The van der Waals surface area contributed by atoms with Crippen LogP contribution in [0, 0.1) is 7.14 Å². The van der Waals surface area contributed by atoms with E-state index in [1.165, 1.54) is 84.2 Å². The third-order valence-corrected chi connectivity index (χ3v) is 9.28. The first-order chi connectivity index (χ1) is 19.4. The summed E-state index contributed by atoms with van der Waals surface area (Å²) in [5.41, 5.74) is 0. The highest BCUT2D eigenvalue weighted by atomic mass is 127. The lowest BCUT2D eigenvalue weighted by molar-refractivity contribution is 0.304. The Morgan fingerprint density at radius 2 is 0.829 bits per heavy atom. The molecule has 0 atom stereocenters. The van der Waals surface area contributed by atoms with Gasteiger partial charge < -0.3 is 9.47 Å². The minimum atomic E-state index is -4.62. The van der Waals surface area contributed by atoms with Crippen molar-refractivity contribution in [3.63, 3.8) is 0 Å². The van der Waals surface area contributed by atoms with Crippen molar-refractivity contribution in [2.45, 2.75) is 90.9 Å². The third kappa shape index (κ3) is 29.2. The van der Waals surface area contributed by atoms with Crippen LogP contribution in [0.15, 0.2) is 48.5 Å². The van der Waals surface area contributed by atoms with Gasteiger partial charge in [-0.3, -0.25) is 9.11 Å². The summed E-state index contributed by atoms with van der Waals surface area (Å²) in [5, 5.41) is -1.65. The molecule has 12 heteroatoms. The molecule has 2 aromatic rings. The molecular formula is C29H46I2O8S2. The van der Waals surface area contributed by atoms with E-state index in [1.54, 1.807) is 0 Å². The molecule has 236 valence electrons. The summed E-state index contributed by atoms with van der Waals surface area (Å²) in [7, 11) is -9.24. The fraction of sp³-hybridized carbons (Fsp3) is 0.586. The van der Waals surface area contributed by atoms with Gasteiger partial charge in [-0.25, -0.2) is 0 Å². The Hall–Kier alpha value is -0.680. The molecule has 0 bridgehead atoms.